The molecule has 23 heavy (non-hydrogen) atoms. The van der Waals surface area contributed by atoms with Crippen LogP contribution in [0.25, 0.3) is 0 Å². The number of benzene rings is 1. The summed E-state index contributed by atoms with van der Waals surface area (Å²) in [6.07, 6.45) is 1.60. The molecule has 1 aromatic carbocycles. The zero-order valence-electron chi connectivity index (χ0n) is 12.7. The Morgan fingerprint density at radius 3 is 2.83 bits per heavy atom. The van der Waals surface area contributed by atoms with Gasteiger partial charge < -0.3 is 15.4 Å². The molecule has 6 nitrogen and oxygen atoms in total. The number of hydrogen-bond donors (Lipinski definition) is 1. The number of carbonyl (C=O) groups is 1. The molecule has 1 aliphatic heterocycles. The van der Waals surface area contributed by atoms with Crippen LogP contribution in [0.3, 0.4) is 0 Å². The molecule has 1 aliphatic rings. The van der Waals surface area contributed by atoms with E-state index in [1.165, 1.54) is 19.2 Å². The maximum Gasteiger partial charge on any atom is 0.257 e. The molecule has 1 amide bonds. The largest absolute Gasteiger partial charge is 0.497 e. The fourth-order valence-corrected chi connectivity index (χ4v) is 2.80. The summed E-state index contributed by atoms with van der Waals surface area (Å²) in [5.41, 5.74) is 6.24. The van der Waals surface area contributed by atoms with E-state index >= 15 is 0 Å². The van der Waals surface area contributed by atoms with E-state index in [-0.39, 0.29) is 17.5 Å². The van der Waals surface area contributed by atoms with E-state index in [1.54, 1.807) is 23.1 Å². The highest BCUT2D eigenvalue weighted by Gasteiger charge is 2.32. The summed E-state index contributed by atoms with van der Waals surface area (Å²) in [6.45, 7) is 0.557. The molecule has 1 atom stereocenters. The lowest BCUT2D eigenvalue weighted by atomic mass is 10.1. The van der Waals surface area contributed by atoms with Gasteiger partial charge >= 0.3 is 0 Å². The average Bonchev–Trinajstić information content (AvgIpc) is 3.04. The van der Waals surface area contributed by atoms with Crippen molar-refractivity contribution in [3.05, 3.63) is 47.4 Å². The lowest BCUT2D eigenvalue weighted by molar-refractivity contribution is 0.0727. The van der Waals surface area contributed by atoms with E-state index in [0.717, 1.165) is 12.8 Å². The van der Waals surface area contributed by atoms with E-state index in [9.17, 15) is 9.18 Å². The van der Waals surface area contributed by atoms with Gasteiger partial charge in [-0.25, -0.2) is 4.39 Å². The van der Waals surface area contributed by atoms with Gasteiger partial charge in [0.25, 0.3) is 5.91 Å². The van der Waals surface area contributed by atoms with Gasteiger partial charge in [-0.05, 0) is 37.1 Å². The highest BCUT2D eigenvalue weighted by molar-refractivity contribution is 5.95. The highest BCUT2D eigenvalue weighted by Crippen LogP contribution is 2.32. The van der Waals surface area contributed by atoms with Gasteiger partial charge in [-0.1, -0.05) is 0 Å². The van der Waals surface area contributed by atoms with Crippen molar-refractivity contribution >= 4 is 11.7 Å². The summed E-state index contributed by atoms with van der Waals surface area (Å²) in [7, 11) is 1.45. The summed E-state index contributed by atoms with van der Waals surface area (Å²) in [4.78, 5) is 14.3. The van der Waals surface area contributed by atoms with Crippen LogP contribution in [-0.4, -0.2) is 34.7 Å². The van der Waals surface area contributed by atoms with Gasteiger partial charge in [-0.2, -0.15) is 5.10 Å². The summed E-state index contributed by atoms with van der Waals surface area (Å²) < 4.78 is 19.1. The van der Waals surface area contributed by atoms with Crippen LogP contribution in [0.1, 0.15) is 34.9 Å². The van der Waals surface area contributed by atoms with E-state index < -0.39 is 5.82 Å². The first kappa shape index (κ1) is 15.2. The zero-order chi connectivity index (χ0) is 16.4. The second-order valence-corrected chi connectivity index (χ2v) is 5.39. The van der Waals surface area contributed by atoms with Crippen molar-refractivity contribution in [1.82, 2.24) is 15.1 Å². The van der Waals surface area contributed by atoms with Crippen LogP contribution < -0.4 is 10.5 Å². The second kappa shape index (κ2) is 6.20. The smallest absolute Gasteiger partial charge is 0.257 e. The quantitative estimate of drug-likeness (QED) is 0.938. The number of anilines is 1. The summed E-state index contributed by atoms with van der Waals surface area (Å²) >= 11 is 0. The number of rotatable bonds is 3. The Kier molecular flexibility index (Phi) is 4.10. The first-order valence-corrected chi connectivity index (χ1v) is 7.34. The van der Waals surface area contributed by atoms with Crippen molar-refractivity contribution in [2.75, 3.05) is 19.4 Å². The molecule has 1 fully saturated rings. The van der Waals surface area contributed by atoms with Crippen LogP contribution in [0.4, 0.5) is 10.2 Å². The third-order valence-electron chi connectivity index (χ3n) is 3.97. The van der Waals surface area contributed by atoms with E-state index in [2.05, 4.69) is 10.2 Å². The molecule has 1 saturated heterocycles. The van der Waals surface area contributed by atoms with Crippen molar-refractivity contribution in [3.8, 4) is 5.75 Å². The number of aromatic nitrogens is 2. The molecule has 3 rings (SSSR count). The molecule has 0 spiro atoms. The second-order valence-electron chi connectivity index (χ2n) is 5.39. The Balaban J connectivity index is 1.87. The predicted molar refractivity (Wildman–Crippen MR) is 82.4 cm³/mol. The third kappa shape index (κ3) is 2.94. The minimum absolute atomic E-state index is 0.0288. The molecule has 7 heteroatoms. The van der Waals surface area contributed by atoms with Crippen LogP contribution in [0.2, 0.25) is 0 Å². The lowest BCUT2D eigenvalue weighted by Crippen LogP contribution is -2.31. The van der Waals surface area contributed by atoms with Crippen LogP contribution in [-0.2, 0) is 0 Å². The zero-order valence-corrected chi connectivity index (χ0v) is 12.7. The van der Waals surface area contributed by atoms with Crippen LogP contribution in [0.15, 0.2) is 30.3 Å². The Hall–Kier alpha value is -2.70. The molecule has 1 unspecified atom stereocenters. The van der Waals surface area contributed by atoms with Crippen molar-refractivity contribution in [2.24, 2.45) is 0 Å². The minimum atomic E-state index is -0.594. The maximum absolute atomic E-state index is 14.2. The molecular formula is C16H17FN4O2. The monoisotopic (exact) mass is 316 g/mol. The van der Waals surface area contributed by atoms with E-state index in [0.29, 0.717) is 23.8 Å². The summed E-state index contributed by atoms with van der Waals surface area (Å²) in [5.74, 6) is -0.248. The summed E-state index contributed by atoms with van der Waals surface area (Å²) in [5, 5.41) is 7.88. The Morgan fingerprint density at radius 1 is 1.35 bits per heavy atom. The molecule has 2 aromatic rings. The van der Waals surface area contributed by atoms with Gasteiger partial charge in [0.2, 0.25) is 0 Å². The molecular weight excluding hydrogens is 299 g/mol. The molecule has 2 heterocycles. The van der Waals surface area contributed by atoms with Gasteiger partial charge in [-0.15, -0.1) is 5.10 Å². The van der Waals surface area contributed by atoms with E-state index in [4.69, 9.17) is 10.5 Å². The topological polar surface area (TPSA) is 81.3 Å². The van der Waals surface area contributed by atoms with Crippen LogP contribution in [0.5, 0.6) is 5.75 Å². The van der Waals surface area contributed by atoms with Gasteiger partial charge in [0.05, 0.1) is 24.4 Å². The van der Waals surface area contributed by atoms with Gasteiger partial charge in [-0.3, -0.25) is 4.79 Å². The number of nitrogens with two attached hydrogens (primary N) is 1. The number of hydrogen-bond acceptors (Lipinski definition) is 5. The van der Waals surface area contributed by atoms with Crippen molar-refractivity contribution in [3.63, 3.8) is 0 Å². The Morgan fingerprint density at radius 2 is 2.17 bits per heavy atom. The third-order valence-corrected chi connectivity index (χ3v) is 3.97. The van der Waals surface area contributed by atoms with Crippen molar-refractivity contribution in [1.29, 1.82) is 0 Å². The van der Waals surface area contributed by atoms with Gasteiger partial charge in [0, 0.05) is 12.6 Å². The standard InChI is InChI=1S/C16H17FN4O2/c1-23-10-4-5-11(12(17)9-10)16(22)21-8-2-3-14(21)13-6-7-15(18)20-19-13/h4-7,9,14H,2-3,8H2,1H3,(H2,18,20). The number of halogens is 1. The van der Waals surface area contributed by atoms with E-state index in [1.807, 2.05) is 0 Å². The van der Waals surface area contributed by atoms with Crippen molar-refractivity contribution < 1.29 is 13.9 Å². The SMILES string of the molecule is COc1ccc(C(=O)N2CCCC2c2ccc(N)nn2)c(F)c1. The van der Waals surface area contributed by atoms with Crippen LogP contribution in [0, 0.1) is 5.82 Å². The average molecular weight is 316 g/mol. The molecule has 120 valence electrons. The lowest BCUT2D eigenvalue weighted by Gasteiger charge is -2.24. The number of nitrogens with zero attached hydrogens (tertiary/aromatic N) is 3. The molecule has 0 radical (unpaired) electrons. The fourth-order valence-electron chi connectivity index (χ4n) is 2.80. The number of methoxy groups -OCH3 is 1. The number of carbonyl (C=O) groups excluding carboxylic acids is 1. The Bertz CT molecular complexity index is 721. The minimum Gasteiger partial charge on any atom is -0.497 e. The number of ether oxygens (including phenoxy) is 1. The summed E-state index contributed by atoms with van der Waals surface area (Å²) in [6, 6.07) is 7.42. The molecule has 0 aliphatic carbocycles. The van der Waals surface area contributed by atoms with Gasteiger partial charge in [0.15, 0.2) is 0 Å². The highest BCUT2D eigenvalue weighted by atomic mass is 19.1. The number of likely N-dealkylation sites (tertiary alicyclic amines) is 1. The molecule has 0 bridgehead atoms. The number of amides is 1. The Labute approximate surface area is 133 Å². The molecule has 2 N–H and O–H groups in total. The molecule has 1 aromatic heterocycles. The maximum atomic E-state index is 14.2. The normalized spacial score (nSPS) is 17.3. The van der Waals surface area contributed by atoms with Gasteiger partial charge in [0.1, 0.15) is 17.4 Å². The molecule has 0 saturated carbocycles. The van der Waals surface area contributed by atoms with Crippen LogP contribution >= 0.6 is 0 Å². The first-order chi connectivity index (χ1) is 11.1. The number of nitrogen functional groups attached to an aromatic ring is 1. The predicted octanol–water partition coefficient (Wildman–Crippen LogP) is 2.18. The first-order valence-electron chi connectivity index (χ1n) is 7.34. The fraction of sp³-hybridized carbons (Fsp3) is 0.312. The van der Waals surface area contributed by atoms with Crippen molar-refractivity contribution in [2.45, 2.75) is 18.9 Å².